The second-order valence-corrected chi connectivity index (χ2v) is 4.89. The van der Waals surface area contributed by atoms with Gasteiger partial charge in [0.15, 0.2) is 5.78 Å². The molecule has 0 saturated heterocycles. The van der Waals surface area contributed by atoms with Crippen molar-refractivity contribution in [2.24, 2.45) is 0 Å². The van der Waals surface area contributed by atoms with Crippen molar-refractivity contribution in [3.63, 3.8) is 0 Å². The molecule has 2 rings (SSSR count). The van der Waals surface area contributed by atoms with Crippen molar-refractivity contribution < 1.29 is 14.6 Å². The van der Waals surface area contributed by atoms with Gasteiger partial charge in [-0.05, 0) is 39.0 Å². The number of rotatable bonds is 1. The molecule has 1 aliphatic heterocycles. The van der Waals surface area contributed by atoms with Crippen LogP contribution in [0.2, 0.25) is 0 Å². The second kappa shape index (κ2) is 3.59. The first-order valence-corrected chi connectivity index (χ1v) is 5.41. The van der Waals surface area contributed by atoms with Crippen LogP contribution in [0.1, 0.15) is 49.2 Å². The van der Waals surface area contributed by atoms with E-state index in [1.165, 1.54) is 6.92 Å². The number of ketones is 1. The van der Waals surface area contributed by atoms with E-state index in [2.05, 4.69) is 0 Å². The Labute approximate surface area is 95.0 Å². The lowest BCUT2D eigenvalue weighted by Crippen LogP contribution is -2.34. The van der Waals surface area contributed by atoms with E-state index in [9.17, 15) is 9.90 Å². The fourth-order valence-corrected chi connectivity index (χ4v) is 2.04. The molecule has 1 heterocycles. The normalized spacial score (nSPS) is 22.1. The Morgan fingerprint density at radius 1 is 1.50 bits per heavy atom. The minimum absolute atomic E-state index is 0.000154. The number of carbonyl (C=O) groups excluding carboxylic acids is 1. The fourth-order valence-electron chi connectivity index (χ4n) is 2.04. The van der Waals surface area contributed by atoms with Crippen molar-refractivity contribution in [2.75, 3.05) is 0 Å². The van der Waals surface area contributed by atoms with Gasteiger partial charge in [-0.15, -0.1) is 0 Å². The third-order valence-electron chi connectivity index (χ3n) is 2.85. The lowest BCUT2D eigenvalue weighted by atomic mass is 9.90. The highest BCUT2D eigenvalue weighted by Gasteiger charge is 2.32. The van der Waals surface area contributed by atoms with Gasteiger partial charge >= 0.3 is 0 Å². The summed E-state index contributed by atoms with van der Waals surface area (Å²) in [5, 5.41) is 10.0. The van der Waals surface area contributed by atoms with Gasteiger partial charge in [0.1, 0.15) is 11.4 Å². The summed E-state index contributed by atoms with van der Waals surface area (Å²) in [5.41, 5.74) is 0.970. The third-order valence-corrected chi connectivity index (χ3v) is 2.85. The summed E-state index contributed by atoms with van der Waals surface area (Å²) < 4.78 is 5.75. The molecular formula is C13H16O3. The average molecular weight is 220 g/mol. The maximum Gasteiger partial charge on any atom is 0.159 e. The molecule has 0 aromatic heterocycles. The van der Waals surface area contributed by atoms with Crippen LogP contribution < -0.4 is 4.74 Å². The van der Waals surface area contributed by atoms with Crippen molar-refractivity contribution in [3.05, 3.63) is 29.3 Å². The Balaban J connectivity index is 2.45. The molecule has 0 fully saturated rings. The first-order valence-electron chi connectivity index (χ1n) is 5.41. The molecular weight excluding hydrogens is 204 g/mol. The second-order valence-electron chi connectivity index (χ2n) is 4.89. The van der Waals surface area contributed by atoms with E-state index in [0.717, 1.165) is 0 Å². The van der Waals surface area contributed by atoms with E-state index in [-0.39, 0.29) is 11.4 Å². The highest BCUT2D eigenvalue weighted by molar-refractivity contribution is 5.94. The Kier molecular flexibility index (Phi) is 2.50. The zero-order chi connectivity index (χ0) is 11.9. The van der Waals surface area contributed by atoms with Crippen LogP contribution in [-0.2, 0) is 0 Å². The maximum absolute atomic E-state index is 11.2. The molecule has 0 saturated carbocycles. The molecule has 0 amide bonds. The van der Waals surface area contributed by atoms with E-state index in [0.29, 0.717) is 23.3 Å². The molecule has 1 aromatic carbocycles. The highest BCUT2D eigenvalue weighted by Crippen LogP contribution is 2.39. The van der Waals surface area contributed by atoms with Crippen LogP contribution in [0, 0.1) is 0 Å². The number of hydrogen-bond acceptors (Lipinski definition) is 3. The average Bonchev–Trinajstić information content (AvgIpc) is 2.15. The van der Waals surface area contributed by atoms with Crippen LogP contribution in [0.25, 0.3) is 0 Å². The summed E-state index contributed by atoms with van der Waals surface area (Å²) in [6.07, 6.45) is -0.0143. The summed E-state index contributed by atoms with van der Waals surface area (Å²) in [5.74, 6) is 0.675. The minimum atomic E-state index is -0.557. The fraction of sp³-hybridized carbons (Fsp3) is 0.462. The largest absolute Gasteiger partial charge is 0.487 e. The molecule has 0 spiro atoms. The minimum Gasteiger partial charge on any atom is -0.487 e. The first kappa shape index (κ1) is 11.1. The third kappa shape index (κ3) is 1.95. The summed E-state index contributed by atoms with van der Waals surface area (Å²) >= 11 is 0. The van der Waals surface area contributed by atoms with Crippen molar-refractivity contribution >= 4 is 5.78 Å². The number of carbonyl (C=O) groups is 1. The van der Waals surface area contributed by atoms with E-state index < -0.39 is 6.10 Å². The molecule has 16 heavy (non-hydrogen) atoms. The monoisotopic (exact) mass is 220 g/mol. The summed E-state index contributed by atoms with van der Waals surface area (Å²) in [4.78, 5) is 11.2. The Morgan fingerprint density at radius 2 is 2.19 bits per heavy atom. The van der Waals surface area contributed by atoms with Gasteiger partial charge in [-0.25, -0.2) is 0 Å². The molecule has 0 aliphatic carbocycles. The van der Waals surface area contributed by atoms with Crippen molar-refractivity contribution in [1.82, 2.24) is 0 Å². The predicted molar refractivity (Wildman–Crippen MR) is 60.7 cm³/mol. The molecule has 86 valence electrons. The van der Waals surface area contributed by atoms with E-state index >= 15 is 0 Å². The topological polar surface area (TPSA) is 46.5 Å². The van der Waals surface area contributed by atoms with Gasteiger partial charge in [0.25, 0.3) is 0 Å². The molecule has 3 heteroatoms. The molecule has 0 unspecified atom stereocenters. The Bertz CT molecular complexity index is 435. The summed E-state index contributed by atoms with van der Waals surface area (Å²) in [6, 6.07) is 5.21. The van der Waals surface area contributed by atoms with E-state index in [4.69, 9.17) is 4.74 Å². The number of aliphatic hydroxyl groups is 1. The zero-order valence-electron chi connectivity index (χ0n) is 9.78. The lowest BCUT2D eigenvalue weighted by molar-refractivity contribution is 0.0115. The predicted octanol–water partition coefficient (Wildman–Crippen LogP) is 2.48. The van der Waals surface area contributed by atoms with Crippen LogP contribution >= 0.6 is 0 Å². The lowest BCUT2D eigenvalue weighted by Gasteiger charge is -2.35. The summed E-state index contributed by atoms with van der Waals surface area (Å²) in [7, 11) is 0. The molecule has 3 nitrogen and oxygen atoms in total. The highest BCUT2D eigenvalue weighted by atomic mass is 16.5. The smallest absolute Gasteiger partial charge is 0.159 e. The Hall–Kier alpha value is -1.35. The van der Waals surface area contributed by atoms with Gasteiger partial charge in [0.05, 0.1) is 6.10 Å². The number of hydrogen-bond donors (Lipinski definition) is 1. The zero-order valence-corrected chi connectivity index (χ0v) is 9.78. The van der Waals surface area contributed by atoms with Gasteiger partial charge in [0, 0.05) is 17.5 Å². The number of aliphatic hydroxyl groups excluding tert-OH is 1. The summed E-state index contributed by atoms with van der Waals surface area (Å²) in [6.45, 7) is 5.40. The van der Waals surface area contributed by atoms with Gasteiger partial charge < -0.3 is 9.84 Å². The van der Waals surface area contributed by atoms with Crippen LogP contribution in [0.3, 0.4) is 0 Å². The molecule has 1 aliphatic rings. The maximum atomic E-state index is 11.2. The first-order chi connectivity index (χ1) is 7.39. The molecule has 1 atom stereocenters. The van der Waals surface area contributed by atoms with Crippen LogP contribution in [-0.4, -0.2) is 16.5 Å². The standard InChI is InChI=1S/C13H16O3/c1-8(14)9-4-5-12-10(6-9)11(15)7-13(2,3)16-12/h4-6,11,15H,7H2,1-3H3/t11-/m1/s1. The van der Waals surface area contributed by atoms with Gasteiger partial charge in [0.2, 0.25) is 0 Å². The van der Waals surface area contributed by atoms with Crippen LogP contribution in [0.5, 0.6) is 5.75 Å². The van der Waals surface area contributed by atoms with Crippen molar-refractivity contribution in [2.45, 2.75) is 38.9 Å². The molecule has 0 bridgehead atoms. The van der Waals surface area contributed by atoms with Gasteiger partial charge in [-0.2, -0.15) is 0 Å². The molecule has 0 radical (unpaired) electrons. The van der Waals surface area contributed by atoms with Gasteiger partial charge in [-0.3, -0.25) is 4.79 Å². The molecule has 1 aromatic rings. The van der Waals surface area contributed by atoms with E-state index in [1.54, 1.807) is 18.2 Å². The van der Waals surface area contributed by atoms with Crippen molar-refractivity contribution in [1.29, 1.82) is 0 Å². The molecule has 1 N–H and O–H groups in total. The Morgan fingerprint density at radius 3 is 2.81 bits per heavy atom. The number of benzene rings is 1. The number of Topliss-reactive ketones (excluding diaryl/α,β-unsaturated/α-hetero) is 1. The van der Waals surface area contributed by atoms with Crippen LogP contribution in [0.15, 0.2) is 18.2 Å². The van der Waals surface area contributed by atoms with Crippen LogP contribution in [0.4, 0.5) is 0 Å². The number of ether oxygens (including phenoxy) is 1. The van der Waals surface area contributed by atoms with E-state index in [1.807, 2.05) is 13.8 Å². The quantitative estimate of drug-likeness (QED) is 0.739. The SMILES string of the molecule is CC(=O)c1ccc2c(c1)[C@H](O)CC(C)(C)O2. The number of fused-ring (bicyclic) bond motifs is 1. The van der Waals surface area contributed by atoms with Crippen molar-refractivity contribution in [3.8, 4) is 5.75 Å². The van der Waals surface area contributed by atoms with Gasteiger partial charge in [-0.1, -0.05) is 0 Å².